The third-order valence-electron chi connectivity index (χ3n) is 3.14. The normalized spacial score (nSPS) is 10.4. The van der Waals surface area contributed by atoms with Crippen LogP contribution < -0.4 is 14.8 Å². The highest BCUT2D eigenvalue weighted by molar-refractivity contribution is 5.40. The summed E-state index contributed by atoms with van der Waals surface area (Å²) in [7, 11) is 1.64. The first-order valence-electron chi connectivity index (χ1n) is 6.97. The Morgan fingerprint density at radius 2 is 1.86 bits per heavy atom. The van der Waals surface area contributed by atoms with E-state index in [1.807, 2.05) is 18.2 Å². The summed E-state index contributed by atoms with van der Waals surface area (Å²) in [5.74, 6) is 1.37. The molecule has 0 unspecified atom stereocenters. The highest BCUT2D eigenvalue weighted by Gasteiger charge is 2.06. The van der Waals surface area contributed by atoms with Crippen molar-refractivity contribution in [2.45, 2.75) is 20.1 Å². The number of ether oxygens (including phenoxy) is 2. The Bertz CT molecular complexity index is 570. The van der Waals surface area contributed by atoms with Gasteiger partial charge in [-0.15, -0.1) is 0 Å². The van der Waals surface area contributed by atoms with E-state index >= 15 is 0 Å². The van der Waals surface area contributed by atoms with Gasteiger partial charge in [0.25, 0.3) is 0 Å². The lowest BCUT2D eigenvalue weighted by molar-refractivity contribution is 0.301. The summed E-state index contributed by atoms with van der Waals surface area (Å²) in [6.45, 7) is 4.06. The molecular formula is C17H20FNO2. The van der Waals surface area contributed by atoms with Crippen molar-refractivity contribution in [2.24, 2.45) is 0 Å². The Morgan fingerprint density at radius 1 is 1.10 bits per heavy atom. The second-order valence-electron chi connectivity index (χ2n) is 4.67. The Labute approximate surface area is 124 Å². The third-order valence-corrected chi connectivity index (χ3v) is 3.14. The van der Waals surface area contributed by atoms with Crippen LogP contribution in [0.25, 0.3) is 0 Å². The number of hydrogen-bond donors (Lipinski definition) is 1. The Morgan fingerprint density at radius 3 is 2.52 bits per heavy atom. The molecule has 1 N–H and O–H groups in total. The van der Waals surface area contributed by atoms with Gasteiger partial charge in [0.2, 0.25) is 0 Å². The lowest BCUT2D eigenvalue weighted by Gasteiger charge is -2.13. The van der Waals surface area contributed by atoms with Crippen molar-refractivity contribution in [3.05, 3.63) is 59.4 Å². The van der Waals surface area contributed by atoms with Crippen LogP contribution in [0.4, 0.5) is 4.39 Å². The minimum atomic E-state index is -0.240. The summed E-state index contributed by atoms with van der Waals surface area (Å²) in [4.78, 5) is 0. The van der Waals surface area contributed by atoms with Gasteiger partial charge in [0.15, 0.2) is 0 Å². The van der Waals surface area contributed by atoms with Crippen LogP contribution in [0, 0.1) is 5.82 Å². The monoisotopic (exact) mass is 289 g/mol. The standard InChI is InChI=1S/C17H20FNO2/c1-3-19-11-14-10-16(20-2)8-9-17(14)21-12-13-4-6-15(18)7-5-13/h4-10,19H,3,11-12H2,1-2H3. The lowest BCUT2D eigenvalue weighted by Crippen LogP contribution is -2.13. The van der Waals surface area contributed by atoms with Crippen molar-refractivity contribution in [2.75, 3.05) is 13.7 Å². The first kappa shape index (κ1) is 15.3. The van der Waals surface area contributed by atoms with Crippen LogP contribution in [0.1, 0.15) is 18.1 Å². The zero-order chi connectivity index (χ0) is 15.1. The second-order valence-corrected chi connectivity index (χ2v) is 4.67. The zero-order valence-electron chi connectivity index (χ0n) is 12.4. The molecule has 21 heavy (non-hydrogen) atoms. The molecule has 0 saturated heterocycles. The number of halogens is 1. The Kier molecular flexibility index (Phi) is 5.58. The summed E-state index contributed by atoms with van der Waals surface area (Å²) in [6.07, 6.45) is 0. The van der Waals surface area contributed by atoms with Crippen molar-refractivity contribution < 1.29 is 13.9 Å². The number of hydrogen-bond acceptors (Lipinski definition) is 3. The maximum atomic E-state index is 12.9. The maximum Gasteiger partial charge on any atom is 0.124 e. The fraction of sp³-hybridized carbons (Fsp3) is 0.294. The topological polar surface area (TPSA) is 30.5 Å². The van der Waals surface area contributed by atoms with Crippen LogP contribution in [0.2, 0.25) is 0 Å². The van der Waals surface area contributed by atoms with E-state index in [0.717, 1.165) is 29.2 Å². The average molecular weight is 289 g/mol. The van der Waals surface area contributed by atoms with Crippen LogP contribution in [0.5, 0.6) is 11.5 Å². The van der Waals surface area contributed by atoms with Gasteiger partial charge in [-0.05, 0) is 42.4 Å². The molecule has 0 heterocycles. The molecule has 0 fully saturated rings. The van der Waals surface area contributed by atoms with Crippen LogP contribution in [-0.4, -0.2) is 13.7 Å². The minimum Gasteiger partial charge on any atom is -0.497 e. The van der Waals surface area contributed by atoms with E-state index in [2.05, 4.69) is 12.2 Å². The first-order valence-corrected chi connectivity index (χ1v) is 6.97. The summed E-state index contributed by atoms with van der Waals surface area (Å²) < 4.78 is 24.0. The van der Waals surface area contributed by atoms with E-state index in [0.29, 0.717) is 13.2 Å². The molecular weight excluding hydrogens is 269 g/mol. The molecule has 2 rings (SSSR count). The fourth-order valence-electron chi connectivity index (χ4n) is 1.96. The van der Waals surface area contributed by atoms with Crippen molar-refractivity contribution in [3.8, 4) is 11.5 Å². The molecule has 112 valence electrons. The van der Waals surface area contributed by atoms with E-state index in [1.165, 1.54) is 12.1 Å². The van der Waals surface area contributed by atoms with E-state index < -0.39 is 0 Å². The molecule has 0 amide bonds. The van der Waals surface area contributed by atoms with Gasteiger partial charge in [-0.1, -0.05) is 19.1 Å². The largest absolute Gasteiger partial charge is 0.497 e. The predicted octanol–water partition coefficient (Wildman–Crippen LogP) is 3.52. The summed E-state index contributed by atoms with van der Waals surface area (Å²) in [6, 6.07) is 12.1. The zero-order valence-corrected chi connectivity index (χ0v) is 12.4. The quantitative estimate of drug-likeness (QED) is 0.846. The number of benzene rings is 2. The smallest absolute Gasteiger partial charge is 0.124 e. The van der Waals surface area contributed by atoms with E-state index in [1.54, 1.807) is 19.2 Å². The van der Waals surface area contributed by atoms with Crippen LogP contribution in [-0.2, 0) is 13.2 Å². The summed E-state index contributed by atoms with van der Waals surface area (Å²) >= 11 is 0. The van der Waals surface area contributed by atoms with Crippen molar-refractivity contribution in [3.63, 3.8) is 0 Å². The molecule has 0 saturated carbocycles. The lowest BCUT2D eigenvalue weighted by atomic mass is 10.2. The van der Waals surface area contributed by atoms with E-state index in [-0.39, 0.29) is 5.82 Å². The maximum absolute atomic E-state index is 12.9. The molecule has 0 spiro atoms. The molecule has 2 aromatic carbocycles. The molecule has 0 aliphatic rings. The molecule has 0 bridgehead atoms. The van der Waals surface area contributed by atoms with Gasteiger partial charge in [-0.3, -0.25) is 0 Å². The molecule has 4 heteroatoms. The average Bonchev–Trinajstić information content (AvgIpc) is 2.52. The molecule has 0 aliphatic carbocycles. The fourth-order valence-corrected chi connectivity index (χ4v) is 1.96. The van der Waals surface area contributed by atoms with Crippen molar-refractivity contribution in [1.29, 1.82) is 0 Å². The van der Waals surface area contributed by atoms with Crippen LogP contribution in [0.15, 0.2) is 42.5 Å². The van der Waals surface area contributed by atoms with Crippen LogP contribution >= 0.6 is 0 Å². The Balaban J connectivity index is 2.08. The van der Waals surface area contributed by atoms with Crippen molar-refractivity contribution in [1.82, 2.24) is 5.32 Å². The van der Waals surface area contributed by atoms with Gasteiger partial charge in [0.1, 0.15) is 23.9 Å². The highest BCUT2D eigenvalue weighted by Crippen LogP contribution is 2.25. The third kappa shape index (κ3) is 4.46. The second kappa shape index (κ2) is 7.64. The number of rotatable bonds is 7. The van der Waals surface area contributed by atoms with Gasteiger partial charge >= 0.3 is 0 Å². The number of methoxy groups -OCH3 is 1. The van der Waals surface area contributed by atoms with Gasteiger partial charge in [-0.25, -0.2) is 4.39 Å². The van der Waals surface area contributed by atoms with Crippen molar-refractivity contribution >= 4 is 0 Å². The molecule has 0 radical (unpaired) electrons. The molecule has 0 atom stereocenters. The molecule has 2 aromatic rings. The number of nitrogens with one attached hydrogen (secondary N) is 1. The SMILES string of the molecule is CCNCc1cc(OC)ccc1OCc1ccc(F)cc1. The van der Waals surface area contributed by atoms with Gasteiger partial charge in [0, 0.05) is 12.1 Å². The summed E-state index contributed by atoms with van der Waals surface area (Å²) in [5, 5.41) is 3.28. The Hall–Kier alpha value is -2.07. The van der Waals surface area contributed by atoms with E-state index in [9.17, 15) is 4.39 Å². The molecule has 0 aromatic heterocycles. The van der Waals surface area contributed by atoms with Gasteiger partial charge < -0.3 is 14.8 Å². The predicted molar refractivity (Wildman–Crippen MR) is 81.1 cm³/mol. The highest BCUT2D eigenvalue weighted by atomic mass is 19.1. The minimum absolute atomic E-state index is 0.240. The first-order chi connectivity index (χ1) is 10.2. The molecule has 3 nitrogen and oxygen atoms in total. The summed E-state index contributed by atoms with van der Waals surface area (Å²) in [5.41, 5.74) is 1.97. The van der Waals surface area contributed by atoms with E-state index in [4.69, 9.17) is 9.47 Å². The van der Waals surface area contributed by atoms with Gasteiger partial charge in [0.05, 0.1) is 7.11 Å². The molecule has 0 aliphatic heterocycles. The van der Waals surface area contributed by atoms with Gasteiger partial charge in [-0.2, -0.15) is 0 Å². The van der Waals surface area contributed by atoms with Crippen LogP contribution in [0.3, 0.4) is 0 Å².